The van der Waals surface area contributed by atoms with Gasteiger partial charge in [-0.3, -0.25) is 10.1 Å². The summed E-state index contributed by atoms with van der Waals surface area (Å²) >= 11 is 0. The largest absolute Gasteiger partial charge is 0.491 e. The molecule has 0 aliphatic carbocycles. The van der Waals surface area contributed by atoms with Gasteiger partial charge in [0.1, 0.15) is 12.4 Å². The van der Waals surface area contributed by atoms with Crippen molar-refractivity contribution in [3.8, 4) is 5.75 Å². The van der Waals surface area contributed by atoms with Crippen LogP contribution >= 0.6 is 0 Å². The minimum atomic E-state index is -0.473. The maximum atomic E-state index is 13.8. The summed E-state index contributed by atoms with van der Waals surface area (Å²) in [6.07, 6.45) is 3.10. The zero-order valence-corrected chi connectivity index (χ0v) is 12.7. The average molecular weight is 316 g/mol. The number of amides is 1. The van der Waals surface area contributed by atoms with Crippen LogP contribution in [0.25, 0.3) is 0 Å². The highest BCUT2D eigenvalue weighted by Gasteiger charge is 2.28. The summed E-state index contributed by atoms with van der Waals surface area (Å²) in [6, 6.07) is 4.19. The van der Waals surface area contributed by atoms with Crippen LogP contribution in [0.15, 0.2) is 30.7 Å². The van der Waals surface area contributed by atoms with E-state index in [1.807, 2.05) is 0 Å². The van der Waals surface area contributed by atoms with E-state index in [4.69, 9.17) is 4.74 Å². The van der Waals surface area contributed by atoms with Crippen molar-refractivity contribution in [2.75, 3.05) is 6.61 Å². The topological polar surface area (TPSA) is 76.1 Å². The zero-order chi connectivity index (χ0) is 16.2. The molecule has 1 aliphatic heterocycles. The Hall–Kier alpha value is -2.54. The molecule has 0 fully saturated rings. The number of nitrogens with zero attached hydrogens (tertiary/aromatic N) is 2. The molecule has 0 spiro atoms. The standard InChI is InChI=1S/C16H17FN4O2/c1-2-23-14-4-3-10(5-12(14)17)6-20-16(22)15-11-7-18-9-21-13(11)8-19-15/h3-5,7,9,15,19H,2,6,8H2,1H3,(H,20,22). The normalized spacial score (nSPS) is 16.0. The first-order valence-electron chi connectivity index (χ1n) is 7.40. The van der Waals surface area contributed by atoms with Gasteiger partial charge in [-0.25, -0.2) is 14.4 Å². The van der Waals surface area contributed by atoms with Gasteiger partial charge >= 0.3 is 0 Å². The lowest BCUT2D eigenvalue weighted by molar-refractivity contribution is -0.123. The van der Waals surface area contributed by atoms with Gasteiger partial charge < -0.3 is 10.1 Å². The molecule has 3 rings (SSSR count). The third kappa shape index (κ3) is 3.29. The van der Waals surface area contributed by atoms with Gasteiger partial charge in [0.15, 0.2) is 11.6 Å². The van der Waals surface area contributed by atoms with E-state index < -0.39 is 11.9 Å². The lowest BCUT2D eigenvalue weighted by atomic mass is 10.1. The third-order valence-corrected chi connectivity index (χ3v) is 3.64. The Labute approximate surface area is 133 Å². The van der Waals surface area contributed by atoms with Crippen LogP contribution in [0, 0.1) is 5.82 Å². The highest BCUT2D eigenvalue weighted by molar-refractivity contribution is 5.84. The van der Waals surface area contributed by atoms with Gasteiger partial charge in [0.2, 0.25) is 5.91 Å². The van der Waals surface area contributed by atoms with E-state index in [0.29, 0.717) is 18.7 Å². The second kappa shape index (κ2) is 6.70. The van der Waals surface area contributed by atoms with Crippen molar-refractivity contribution in [3.05, 3.63) is 53.4 Å². The van der Waals surface area contributed by atoms with Crippen molar-refractivity contribution in [1.29, 1.82) is 0 Å². The first-order chi connectivity index (χ1) is 11.2. The number of aromatic nitrogens is 2. The zero-order valence-electron chi connectivity index (χ0n) is 12.7. The minimum absolute atomic E-state index is 0.187. The quantitative estimate of drug-likeness (QED) is 0.874. The van der Waals surface area contributed by atoms with E-state index in [2.05, 4.69) is 20.6 Å². The van der Waals surface area contributed by atoms with Crippen LogP contribution in [0.2, 0.25) is 0 Å². The van der Waals surface area contributed by atoms with Crippen LogP contribution in [-0.4, -0.2) is 22.5 Å². The van der Waals surface area contributed by atoms with E-state index in [9.17, 15) is 9.18 Å². The third-order valence-electron chi connectivity index (χ3n) is 3.64. The predicted molar refractivity (Wildman–Crippen MR) is 81.0 cm³/mol. The summed E-state index contributed by atoms with van der Waals surface area (Å²) in [5.41, 5.74) is 2.27. The van der Waals surface area contributed by atoms with Crippen molar-refractivity contribution >= 4 is 5.91 Å². The fourth-order valence-electron chi connectivity index (χ4n) is 2.52. The molecule has 2 N–H and O–H groups in total. The molecule has 2 heterocycles. The molecule has 2 aromatic rings. The Morgan fingerprint density at radius 2 is 2.39 bits per heavy atom. The van der Waals surface area contributed by atoms with Crippen LogP contribution in [0.5, 0.6) is 5.75 Å². The Morgan fingerprint density at radius 3 is 3.17 bits per heavy atom. The van der Waals surface area contributed by atoms with Gasteiger partial charge in [0.05, 0.1) is 12.3 Å². The molecule has 6 nitrogen and oxygen atoms in total. The molecule has 0 saturated heterocycles. The maximum Gasteiger partial charge on any atom is 0.242 e. The molecule has 0 radical (unpaired) electrons. The van der Waals surface area contributed by atoms with Crippen molar-refractivity contribution in [2.24, 2.45) is 0 Å². The molecule has 120 valence electrons. The number of fused-ring (bicyclic) bond motifs is 1. The van der Waals surface area contributed by atoms with E-state index in [1.165, 1.54) is 12.4 Å². The highest BCUT2D eigenvalue weighted by atomic mass is 19.1. The van der Waals surface area contributed by atoms with E-state index >= 15 is 0 Å². The van der Waals surface area contributed by atoms with Gasteiger partial charge in [-0.05, 0) is 24.6 Å². The molecule has 1 atom stereocenters. The fraction of sp³-hybridized carbons (Fsp3) is 0.312. The molecule has 0 bridgehead atoms. The van der Waals surface area contributed by atoms with Gasteiger partial charge in [-0.15, -0.1) is 0 Å². The molecule has 1 unspecified atom stereocenters. The number of nitrogens with one attached hydrogen (secondary N) is 2. The SMILES string of the molecule is CCOc1ccc(CNC(=O)C2NCc3ncncc32)cc1F. The molecule has 1 aromatic carbocycles. The van der Waals surface area contributed by atoms with Gasteiger partial charge in [0.25, 0.3) is 0 Å². The minimum Gasteiger partial charge on any atom is -0.491 e. The second-order valence-electron chi connectivity index (χ2n) is 5.15. The van der Waals surface area contributed by atoms with Crippen molar-refractivity contribution < 1.29 is 13.9 Å². The summed E-state index contributed by atoms with van der Waals surface area (Å²) in [5.74, 6) is -0.407. The molecule has 0 saturated carbocycles. The lowest BCUT2D eigenvalue weighted by Crippen LogP contribution is -2.33. The molecule has 1 aliphatic rings. The van der Waals surface area contributed by atoms with Crippen molar-refractivity contribution in [1.82, 2.24) is 20.6 Å². The summed E-state index contributed by atoms with van der Waals surface area (Å²) in [7, 11) is 0. The average Bonchev–Trinajstić information content (AvgIpc) is 2.99. The summed E-state index contributed by atoms with van der Waals surface area (Å²) in [4.78, 5) is 20.4. The Balaban J connectivity index is 1.63. The Bertz CT molecular complexity index is 723. The number of carbonyl (C=O) groups is 1. The Morgan fingerprint density at radius 1 is 1.52 bits per heavy atom. The van der Waals surface area contributed by atoms with E-state index in [-0.39, 0.29) is 18.2 Å². The van der Waals surface area contributed by atoms with Crippen molar-refractivity contribution in [2.45, 2.75) is 26.1 Å². The smallest absolute Gasteiger partial charge is 0.242 e. The monoisotopic (exact) mass is 316 g/mol. The first-order valence-corrected chi connectivity index (χ1v) is 7.40. The number of benzene rings is 1. The van der Waals surface area contributed by atoms with Crippen LogP contribution in [0.4, 0.5) is 4.39 Å². The van der Waals surface area contributed by atoms with E-state index in [1.54, 1.807) is 25.3 Å². The summed E-state index contributed by atoms with van der Waals surface area (Å²) < 4.78 is 18.9. The maximum absolute atomic E-state index is 13.8. The number of rotatable bonds is 5. The van der Waals surface area contributed by atoms with Crippen LogP contribution < -0.4 is 15.4 Å². The number of carbonyl (C=O) groups excluding carboxylic acids is 1. The van der Waals surface area contributed by atoms with Crippen molar-refractivity contribution in [3.63, 3.8) is 0 Å². The summed E-state index contributed by atoms with van der Waals surface area (Å²) in [6.45, 7) is 2.97. The van der Waals surface area contributed by atoms with Gasteiger partial charge in [-0.1, -0.05) is 6.07 Å². The number of hydrogen-bond acceptors (Lipinski definition) is 5. The molecular weight excluding hydrogens is 299 g/mol. The van der Waals surface area contributed by atoms with Gasteiger partial charge in [-0.2, -0.15) is 0 Å². The molecule has 1 aromatic heterocycles. The number of hydrogen-bond donors (Lipinski definition) is 2. The number of ether oxygens (including phenoxy) is 1. The second-order valence-corrected chi connectivity index (χ2v) is 5.15. The lowest BCUT2D eigenvalue weighted by Gasteiger charge is -2.13. The molecular formula is C16H17FN4O2. The number of halogens is 1. The van der Waals surface area contributed by atoms with E-state index in [0.717, 1.165) is 11.3 Å². The predicted octanol–water partition coefficient (Wildman–Crippen LogP) is 1.48. The molecule has 23 heavy (non-hydrogen) atoms. The highest BCUT2D eigenvalue weighted by Crippen LogP contribution is 2.23. The fourth-order valence-corrected chi connectivity index (χ4v) is 2.52. The first kappa shape index (κ1) is 15.4. The van der Waals surface area contributed by atoms with Crippen LogP contribution in [0.1, 0.15) is 29.8 Å². The van der Waals surface area contributed by atoms with Crippen LogP contribution in [-0.2, 0) is 17.9 Å². The summed E-state index contributed by atoms with van der Waals surface area (Å²) in [5, 5.41) is 5.88. The van der Waals surface area contributed by atoms with Gasteiger partial charge in [0, 0.05) is 24.8 Å². The Kier molecular flexibility index (Phi) is 4.47. The molecule has 7 heteroatoms. The molecule has 1 amide bonds. The van der Waals surface area contributed by atoms with Crippen LogP contribution in [0.3, 0.4) is 0 Å².